The maximum Gasteiger partial charge on any atom is 0.171 e. The maximum absolute atomic E-state index is 9.09. The van der Waals surface area contributed by atoms with Gasteiger partial charge < -0.3 is 4.90 Å². The predicted molar refractivity (Wildman–Crippen MR) is 68.6 cm³/mol. The Hall–Kier alpha value is -2.09. The minimum absolute atomic E-state index is 0.551. The molecule has 0 N–H and O–H groups in total. The lowest BCUT2D eigenvalue weighted by Crippen LogP contribution is -2.26. The Morgan fingerprint density at radius 1 is 1.33 bits per heavy atom. The topological polar surface area (TPSA) is 57.2 Å². The van der Waals surface area contributed by atoms with Crippen LogP contribution < -0.4 is 0 Å². The highest BCUT2D eigenvalue weighted by molar-refractivity contribution is 5.96. The number of likely N-dealkylation sites (tertiary alicyclic amines) is 1. The summed E-state index contributed by atoms with van der Waals surface area (Å²) in [4.78, 5) is 6.93. The largest absolute Gasteiger partial charge is 0.357 e. The fourth-order valence-corrected chi connectivity index (χ4v) is 2.44. The van der Waals surface area contributed by atoms with Crippen LogP contribution in [0.5, 0.6) is 0 Å². The first-order valence-electron chi connectivity index (χ1n) is 6.24. The van der Waals surface area contributed by atoms with E-state index in [0.717, 1.165) is 18.9 Å². The monoisotopic (exact) mass is 241 g/mol. The fraction of sp³-hybridized carbons (Fsp3) is 0.462. The zero-order valence-corrected chi connectivity index (χ0v) is 10.4. The van der Waals surface area contributed by atoms with Gasteiger partial charge in [-0.15, -0.1) is 0 Å². The number of allylic oxidation sites excluding steroid dienone is 1. The van der Waals surface area contributed by atoms with Crippen molar-refractivity contribution < 1.29 is 0 Å². The molecule has 0 bridgehead atoms. The van der Waals surface area contributed by atoms with E-state index in [1.165, 1.54) is 18.4 Å². The fourth-order valence-electron chi connectivity index (χ4n) is 2.44. The van der Waals surface area contributed by atoms with Gasteiger partial charge in [0.1, 0.15) is 17.5 Å². The SMILES string of the molecule is CC1=CC(N2CCCC2)=Nc2c(C#N)cnn2C1. The number of fused-ring (bicyclic) bond motifs is 1. The summed E-state index contributed by atoms with van der Waals surface area (Å²) < 4.78 is 1.80. The highest BCUT2D eigenvalue weighted by Gasteiger charge is 2.20. The molecule has 0 unspecified atom stereocenters. The third-order valence-electron chi connectivity index (χ3n) is 3.36. The lowest BCUT2D eigenvalue weighted by atomic mass is 10.2. The highest BCUT2D eigenvalue weighted by atomic mass is 15.3. The molecular weight excluding hydrogens is 226 g/mol. The molecule has 0 aromatic carbocycles. The summed E-state index contributed by atoms with van der Waals surface area (Å²) in [7, 11) is 0. The van der Waals surface area contributed by atoms with Crippen LogP contribution in [0.25, 0.3) is 0 Å². The average molecular weight is 241 g/mol. The molecule has 1 saturated heterocycles. The Bertz CT molecular complexity index is 567. The third-order valence-corrected chi connectivity index (χ3v) is 3.36. The third kappa shape index (κ3) is 1.80. The van der Waals surface area contributed by atoms with Crippen molar-refractivity contribution in [1.29, 1.82) is 5.26 Å². The first kappa shape index (κ1) is 11.0. The number of nitriles is 1. The molecule has 3 heterocycles. The van der Waals surface area contributed by atoms with Crippen LogP contribution in [0.1, 0.15) is 25.3 Å². The van der Waals surface area contributed by atoms with Crippen molar-refractivity contribution >= 4 is 11.7 Å². The predicted octanol–water partition coefficient (Wildman–Crippen LogP) is 1.84. The quantitative estimate of drug-likeness (QED) is 0.696. The van der Waals surface area contributed by atoms with E-state index in [2.05, 4.69) is 34.1 Å². The summed E-state index contributed by atoms with van der Waals surface area (Å²) >= 11 is 0. The highest BCUT2D eigenvalue weighted by Crippen LogP contribution is 2.24. The van der Waals surface area contributed by atoms with Gasteiger partial charge in [-0.3, -0.25) is 0 Å². The van der Waals surface area contributed by atoms with E-state index >= 15 is 0 Å². The Morgan fingerprint density at radius 2 is 2.11 bits per heavy atom. The molecule has 3 rings (SSSR count). The van der Waals surface area contributed by atoms with Gasteiger partial charge >= 0.3 is 0 Å². The van der Waals surface area contributed by atoms with Crippen LogP contribution >= 0.6 is 0 Å². The molecule has 5 nitrogen and oxygen atoms in total. The first-order chi connectivity index (χ1) is 8.78. The summed E-state index contributed by atoms with van der Waals surface area (Å²) in [6.45, 7) is 4.89. The molecule has 0 amide bonds. The molecule has 2 aliphatic heterocycles. The molecule has 18 heavy (non-hydrogen) atoms. The van der Waals surface area contributed by atoms with Gasteiger partial charge in [0.2, 0.25) is 0 Å². The van der Waals surface area contributed by atoms with Gasteiger partial charge in [-0.2, -0.15) is 10.4 Å². The lowest BCUT2D eigenvalue weighted by molar-refractivity contribution is 0.522. The molecule has 0 aliphatic carbocycles. The Kier molecular flexibility index (Phi) is 2.63. The lowest BCUT2D eigenvalue weighted by Gasteiger charge is -2.16. The summed E-state index contributed by atoms with van der Waals surface area (Å²) in [6.07, 6.45) is 6.15. The van der Waals surface area contributed by atoms with Crippen LogP contribution in [0.15, 0.2) is 22.8 Å². The number of amidine groups is 1. The van der Waals surface area contributed by atoms with Crippen molar-refractivity contribution in [3.05, 3.63) is 23.4 Å². The Labute approximate surface area is 106 Å². The second-order valence-electron chi connectivity index (χ2n) is 4.81. The van der Waals surface area contributed by atoms with E-state index in [-0.39, 0.29) is 0 Å². The molecule has 0 radical (unpaired) electrons. The van der Waals surface area contributed by atoms with E-state index in [1.807, 2.05) is 0 Å². The van der Waals surface area contributed by atoms with Crippen LogP contribution in [0, 0.1) is 11.3 Å². The summed E-state index contributed by atoms with van der Waals surface area (Å²) in [6, 6.07) is 2.16. The van der Waals surface area contributed by atoms with Crippen molar-refractivity contribution in [1.82, 2.24) is 14.7 Å². The van der Waals surface area contributed by atoms with Crippen LogP contribution in [-0.2, 0) is 6.54 Å². The van der Waals surface area contributed by atoms with Crippen molar-refractivity contribution in [2.75, 3.05) is 13.1 Å². The van der Waals surface area contributed by atoms with Crippen LogP contribution in [0.2, 0.25) is 0 Å². The first-order valence-corrected chi connectivity index (χ1v) is 6.24. The summed E-state index contributed by atoms with van der Waals surface area (Å²) in [5.41, 5.74) is 1.77. The van der Waals surface area contributed by atoms with Gasteiger partial charge in [-0.05, 0) is 31.4 Å². The minimum atomic E-state index is 0.551. The van der Waals surface area contributed by atoms with Gasteiger partial charge in [-0.25, -0.2) is 9.67 Å². The number of aromatic nitrogens is 2. The van der Waals surface area contributed by atoms with Crippen molar-refractivity contribution in [3.63, 3.8) is 0 Å². The molecule has 0 atom stereocenters. The molecule has 2 aliphatic rings. The van der Waals surface area contributed by atoms with Gasteiger partial charge in [0.15, 0.2) is 5.82 Å². The molecule has 5 heteroatoms. The number of hydrogen-bond donors (Lipinski definition) is 0. The molecule has 92 valence electrons. The second-order valence-corrected chi connectivity index (χ2v) is 4.81. The van der Waals surface area contributed by atoms with Crippen LogP contribution in [0.4, 0.5) is 5.82 Å². The number of aliphatic imine (C=N–C) groups is 1. The van der Waals surface area contributed by atoms with Gasteiger partial charge in [-0.1, -0.05) is 0 Å². The van der Waals surface area contributed by atoms with E-state index < -0.39 is 0 Å². The standard InChI is InChI=1S/C13H15N5/c1-10-6-12(17-4-2-3-5-17)16-13-11(7-14)8-15-18(13)9-10/h6,8H,2-5,9H2,1H3. The minimum Gasteiger partial charge on any atom is -0.357 e. The molecule has 1 aromatic heterocycles. The van der Waals surface area contributed by atoms with E-state index in [0.29, 0.717) is 17.9 Å². The van der Waals surface area contributed by atoms with Gasteiger partial charge in [0.25, 0.3) is 0 Å². The zero-order chi connectivity index (χ0) is 12.5. The maximum atomic E-state index is 9.09. The second kappa shape index (κ2) is 4.30. The number of rotatable bonds is 0. The number of nitrogens with zero attached hydrogens (tertiary/aromatic N) is 5. The summed E-state index contributed by atoms with van der Waals surface area (Å²) in [5.74, 6) is 1.66. The van der Waals surface area contributed by atoms with Crippen molar-refractivity contribution in [2.45, 2.75) is 26.3 Å². The molecule has 1 aromatic rings. The van der Waals surface area contributed by atoms with E-state index in [9.17, 15) is 0 Å². The van der Waals surface area contributed by atoms with Crippen LogP contribution in [0.3, 0.4) is 0 Å². The van der Waals surface area contributed by atoms with Gasteiger partial charge in [0.05, 0.1) is 12.7 Å². The van der Waals surface area contributed by atoms with Crippen molar-refractivity contribution in [2.24, 2.45) is 4.99 Å². The van der Waals surface area contributed by atoms with Gasteiger partial charge in [0, 0.05) is 13.1 Å². The Balaban J connectivity index is 2.06. The van der Waals surface area contributed by atoms with Crippen LogP contribution in [-0.4, -0.2) is 33.6 Å². The molecule has 1 fully saturated rings. The van der Waals surface area contributed by atoms with E-state index in [1.54, 1.807) is 10.9 Å². The molecule has 0 spiro atoms. The normalized spacial score (nSPS) is 18.8. The Morgan fingerprint density at radius 3 is 2.83 bits per heavy atom. The zero-order valence-electron chi connectivity index (χ0n) is 10.4. The molecular formula is C13H15N5. The number of hydrogen-bond acceptors (Lipinski definition) is 4. The smallest absolute Gasteiger partial charge is 0.171 e. The molecule has 0 saturated carbocycles. The summed E-state index contributed by atoms with van der Waals surface area (Å²) in [5, 5.41) is 13.3. The van der Waals surface area contributed by atoms with E-state index in [4.69, 9.17) is 5.26 Å². The average Bonchev–Trinajstić information content (AvgIpc) is 2.96. The van der Waals surface area contributed by atoms with Crippen molar-refractivity contribution in [3.8, 4) is 6.07 Å².